The molecular weight excluding hydrogens is 349 g/mol. The van der Waals surface area contributed by atoms with Gasteiger partial charge in [-0.2, -0.15) is 0 Å². The van der Waals surface area contributed by atoms with E-state index in [1.54, 1.807) is 30.3 Å². The highest BCUT2D eigenvalue weighted by molar-refractivity contribution is 6.35. The molecule has 1 N–H and O–H groups in total. The van der Waals surface area contributed by atoms with Crippen LogP contribution < -0.4 is 5.32 Å². The molecule has 0 bridgehead atoms. The molecule has 2 aromatic rings. The molecule has 0 radical (unpaired) electrons. The van der Waals surface area contributed by atoms with Crippen LogP contribution in [0.15, 0.2) is 42.5 Å². The Morgan fingerprint density at radius 1 is 1.00 bits per heavy atom. The number of hydrogen-bond donors (Lipinski definition) is 1. The smallest absolute Gasteiger partial charge is 0.340 e. The zero-order valence-electron chi connectivity index (χ0n) is 11.1. The maximum absolute atomic E-state index is 11.9. The van der Waals surface area contributed by atoms with Gasteiger partial charge in [-0.15, -0.1) is 0 Å². The molecule has 7 heteroatoms. The summed E-state index contributed by atoms with van der Waals surface area (Å²) < 4.78 is 4.90. The molecule has 0 saturated carbocycles. The van der Waals surface area contributed by atoms with Crippen LogP contribution >= 0.6 is 34.8 Å². The van der Waals surface area contributed by atoms with Gasteiger partial charge in [-0.1, -0.05) is 46.9 Å². The van der Waals surface area contributed by atoms with Gasteiger partial charge >= 0.3 is 5.97 Å². The predicted molar refractivity (Wildman–Crippen MR) is 86.8 cm³/mol. The van der Waals surface area contributed by atoms with Gasteiger partial charge in [0, 0.05) is 5.02 Å². The van der Waals surface area contributed by atoms with Crippen LogP contribution in [0.25, 0.3) is 0 Å². The molecule has 0 aliphatic rings. The second-order valence-corrected chi connectivity index (χ2v) is 5.48. The van der Waals surface area contributed by atoms with Crippen molar-refractivity contribution in [2.45, 2.75) is 0 Å². The first-order chi connectivity index (χ1) is 10.5. The Morgan fingerprint density at radius 2 is 1.73 bits per heavy atom. The van der Waals surface area contributed by atoms with Crippen molar-refractivity contribution in [3.05, 3.63) is 63.1 Å². The van der Waals surface area contributed by atoms with Gasteiger partial charge in [-0.05, 0) is 30.3 Å². The van der Waals surface area contributed by atoms with Crippen molar-refractivity contribution >= 4 is 52.4 Å². The molecule has 2 aromatic carbocycles. The zero-order valence-corrected chi connectivity index (χ0v) is 13.4. The number of esters is 1. The highest BCUT2D eigenvalue weighted by atomic mass is 35.5. The Bertz CT molecular complexity index is 719. The van der Waals surface area contributed by atoms with E-state index in [0.717, 1.165) is 0 Å². The maximum Gasteiger partial charge on any atom is 0.340 e. The van der Waals surface area contributed by atoms with Gasteiger partial charge in [0.15, 0.2) is 6.61 Å². The van der Waals surface area contributed by atoms with Crippen molar-refractivity contribution in [1.82, 2.24) is 0 Å². The topological polar surface area (TPSA) is 55.4 Å². The third kappa shape index (κ3) is 4.37. The van der Waals surface area contributed by atoms with E-state index in [-0.39, 0.29) is 10.6 Å². The average molecular weight is 359 g/mol. The largest absolute Gasteiger partial charge is 0.452 e. The standard InChI is InChI=1S/C15H10Cl3NO3/c16-9-5-6-11(17)10(7-9)15(21)22-8-14(20)19-13-4-2-1-3-12(13)18/h1-7H,8H2,(H,19,20). The number of carbonyl (C=O) groups is 2. The summed E-state index contributed by atoms with van der Waals surface area (Å²) in [7, 11) is 0. The van der Waals surface area contributed by atoms with E-state index in [9.17, 15) is 9.59 Å². The van der Waals surface area contributed by atoms with Crippen LogP contribution in [0.2, 0.25) is 15.1 Å². The maximum atomic E-state index is 11.9. The molecule has 0 unspecified atom stereocenters. The summed E-state index contributed by atoms with van der Waals surface area (Å²) in [5, 5.41) is 3.46. The number of ether oxygens (including phenoxy) is 1. The van der Waals surface area contributed by atoms with Crippen molar-refractivity contribution < 1.29 is 14.3 Å². The molecular formula is C15H10Cl3NO3. The number of anilines is 1. The number of benzene rings is 2. The lowest BCUT2D eigenvalue weighted by Gasteiger charge is -2.08. The molecule has 4 nitrogen and oxygen atoms in total. The lowest BCUT2D eigenvalue weighted by Crippen LogP contribution is -2.21. The molecule has 0 aromatic heterocycles. The van der Waals surface area contributed by atoms with Gasteiger partial charge in [-0.3, -0.25) is 4.79 Å². The third-order valence-corrected chi connectivity index (χ3v) is 3.52. The van der Waals surface area contributed by atoms with Crippen LogP contribution in [0.1, 0.15) is 10.4 Å². The summed E-state index contributed by atoms with van der Waals surface area (Å²) in [6.45, 7) is -0.465. The monoisotopic (exact) mass is 357 g/mol. The number of hydrogen-bond acceptors (Lipinski definition) is 3. The molecule has 114 valence electrons. The molecule has 0 aliphatic carbocycles. The first-order valence-electron chi connectivity index (χ1n) is 6.14. The summed E-state index contributed by atoms with van der Waals surface area (Å²) in [5.74, 6) is -1.25. The van der Waals surface area contributed by atoms with Gasteiger partial charge in [0.1, 0.15) is 0 Å². The minimum atomic E-state index is -0.734. The Balaban J connectivity index is 1.95. The van der Waals surface area contributed by atoms with Crippen molar-refractivity contribution in [2.75, 3.05) is 11.9 Å². The van der Waals surface area contributed by atoms with E-state index < -0.39 is 18.5 Å². The number of para-hydroxylation sites is 1. The summed E-state index contributed by atoms with van der Waals surface area (Å²) in [6, 6.07) is 11.1. The lowest BCUT2D eigenvalue weighted by atomic mass is 10.2. The molecule has 0 aliphatic heterocycles. The summed E-state index contributed by atoms with van der Waals surface area (Å²) in [6.07, 6.45) is 0. The molecule has 2 rings (SSSR count). The van der Waals surface area contributed by atoms with E-state index in [1.165, 1.54) is 12.1 Å². The fraction of sp³-hybridized carbons (Fsp3) is 0.0667. The Hall–Kier alpha value is -1.75. The van der Waals surface area contributed by atoms with Crippen molar-refractivity contribution in [3.8, 4) is 0 Å². The number of amides is 1. The molecule has 0 atom stereocenters. The molecule has 0 saturated heterocycles. The van der Waals surface area contributed by atoms with Crippen molar-refractivity contribution in [3.63, 3.8) is 0 Å². The second kappa shape index (κ2) is 7.49. The van der Waals surface area contributed by atoms with Gasteiger partial charge < -0.3 is 10.1 Å². The van der Waals surface area contributed by atoms with Gasteiger partial charge in [0.2, 0.25) is 0 Å². The summed E-state index contributed by atoms with van der Waals surface area (Å²) in [4.78, 5) is 23.6. The first-order valence-corrected chi connectivity index (χ1v) is 7.27. The van der Waals surface area contributed by atoms with Gasteiger partial charge in [0.05, 0.1) is 21.3 Å². The number of nitrogens with one attached hydrogen (secondary N) is 1. The second-order valence-electron chi connectivity index (χ2n) is 4.23. The highest BCUT2D eigenvalue weighted by Gasteiger charge is 2.14. The van der Waals surface area contributed by atoms with E-state index in [1.807, 2.05) is 0 Å². The number of rotatable bonds is 4. The van der Waals surface area contributed by atoms with Gasteiger partial charge in [-0.25, -0.2) is 4.79 Å². The normalized spacial score (nSPS) is 10.1. The zero-order chi connectivity index (χ0) is 16.1. The van der Waals surface area contributed by atoms with Crippen LogP contribution in [0.3, 0.4) is 0 Å². The Labute approximate surface area is 141 Å². The minimum absolute atomic E-state index is 0.0970. The van der Waals surface area contributed by atoms with Gasteiger partial charge in [0.25, 0.3) is 5.91 Å². The van der Waals surface area contributed by atoms with Crippen molar-refractivity contribution in [1.29, 1.82) is 0 Å². The van der Waals surface area contributed by atoms with Crippen LogP contribution in [0, 0.1) is 0 Å². The summed E-state index contributed by atoms with van der Waals surface area (Å²) in [5.41, 5.74) is 0.533. The Morgan fingerprint density at radius 3 is 2.45 bits per heavy atom. The number of carbonyl (C=O) groups excluding carboxylic acids is 2. The quantitative estimate of drug-likeness (QED) is 0.822. The summed E-state index contributed by atoms with van der Waals surface area (Å²) >= 11 is 17.6. The van der Waals surface area contributed by atoms with E-state index in [0.29, 0.717) is 15.7 Å². The van der Waals surface area contributed by atoms with E-state index >= 15 is 0 Å². The SMILES string of the molecule is O=C(COC(=O)c1cc(Cl)ccc1Cl)Nc1ccccc1Cl. The lowest BCUT2D eigenvalue weighted by molar-refractivity contribution is -0.119. The number of halogens is 3. The first kappa shape index (κ1) is 16.6. The minimum Gasteiger partial charge on any atom is -0.452 e. The third-order valence-electron chi connectivity index (χ3n) is 2.63. The van der Waals surface area contributed by atoms with Crippen LogP contribution in [-0.2, 0) is 9.53 Å². The molecule has 1 amide bonds. The molecule has 0 heterocycles. The predicted octanol–water partition coefficient (Wildman–Crippen LogP) is 4.44. The fourth-order valence-electron chi connectivity index (χ4n) is 1.61. The fourth-order valence-corrected chi connectivity index (χ4v) is 2.16. The van der Waals surface area contributed by atoms with Crippen molar-refractivity contribution in [2.24, 2.45) is 0 Å². The molecule has 22 heavy (non-hydrogen) atoms. The average Bonchev–Trinajstić information content (AvgIpc) is 2.49. The van der Waals surface area contributed by atoms with Crippen LogP contribution in [-0.4, -0.2) is 18.5 Å². The molecule has 0 fully saturated rings. The highest BCUT2D eigenvalue weighted by Crippen LogP contribution is 2.22. The van der Waals surface area contributed by atoms with E-state index in [2.05, 4.69) is 5.32 Å². The van der Waals surface area contributed by atoms with E-state index in [4.69, 9.17) is 39.5 Å². The Kier molecular flexibility index (Phi) is 5.66. The van der Waals surface area contributed by atoms with Crippen LogP contribution in [0.4, 0.5) is 5.69 Å². The van der Waals surface area contributed by atoms with Crippen LogP contribution in [0.5, 0.6) is 0 Å². The molecule has 0 spiro atoms.